The average molecular weight is 1090 g/mol. The normalized spacial score (nSPS) is 16.1. The molecule has 2 aliphatic heterocycles. The number of aromatic nitrogens is 10. The number of carbonyl (C=O) groups is 3. The van der Waals surface area contributed by atoms with Crippen molar-refractivity contribution in [1.82, 2.24) is 59.7 Å². The summed E-state index contributed by atoms with van der Waals surface area (Å²) in [5, 5.41) is 30.5. The zero-order valence-electron chi connectivity index (χ0n) is 42.3. The Morgan fingerprint density at radius 3 is 2.01 bits per heavy atom. The Morgan fingerprint density at radius 2 is 1.41 bits per heavy atom. The zero-order chi connectivity index (χ0) is 53.5. The number of nitrogens with one attached hydrogen (secondary N) is 2. The molecule has 2 saturated heterocycles. The van der Waals surface area contributed by atoms with Crippen molar-refractivity contribution in [2.75, 3.05) is 127 Å². The Balaban J connectivity index is 0.00000937. The lowest BCUT2D eigenvalue weighted by Gasteiger charge is -2.38. The smallest absolute Gasteiger partial charge is 0.457 e. The maximum Gasteiger partial charge on any atom is 0.490 e. The zero-order valence-corrected chi connectivity index (χ0v) is 43.1. The third-order valence-corrected chi connectivity index (χ3v) is 12.8. The molecule has 7 N–H and O–H groups in total. The molecule has 0 saturated carbocycles. The van der Waals surface area contributed by atoms with Crippen LogP contribution in [-0.4, -0.2) is 201 Å². The molecule has 2 aliphatic rings. The van der Waals surface area contributed by atoms with E-state index < -0.39 is 42.9 Å². The molecule has 1 aromatic carbocycles. The maximum absolute atomic E-state index is 14.5. The monoisotopic (exact) mass is 1090 g/mol. The van der Waals surface area contributed by atoms with Crippen molar-refractivity contribution in [3.8, 4) is 12.3 Å². The van der Waals surface area contributed by atoms with Crippen molar-refractivity contribution in [1.29, 1.82) is 0 Å². The molecular formula is C47H65ClF3N17O8. The molecule has 0 spiro atoms. The topological polar surface area (TPSA) is 301 Å². The highest BCUT2D eigenvalue weighted by Crippen LogP contribution is 2.28. The predicted octanol–water partition coefficient (Wildman–Crippen LogP) is 1.22. The lowest BCUT2D eigenvalue weighted by Crippen LogP contribution is -2.52. The van der Waals surface area contributed by atoms with Gasteiger partial charge in [0.25, 0.3) is 0 Å². The maximum atomic E-state index is 14.5. The standard InChI is InChI=1S/C47H64F3N17O8.ClH/c1-4-19-72-21-23-74-24-22-73-20-10-53-44-55-45(64-15-11-62(12-16-64)41(69)39(66-27-37(58-60-66)34(51)29-68)26-33-25-32-8-6-7-9-36(32)54-33)57-46(56-44)65-17-13-63(14-18-65)42(70)40(31(3)5-2)67-28-38(59-61-67)35(52)30-75-43(71)47(48,49)50;/h1,6-9,25,27-28,31,34-35,39-40,54,68H,5,10-24,26,29-30,51-52H2,2-3H3,(H,53,55,56,57);1H/t31-,34?,35?,39-,40?;/m0./s1. The summed E-state index contributed by atoms with van der Waals surface area (Å²) in [6.07, 6.45) is 3.89. The van der Waals surface area contributed by atoms with Gasteiger partial charge < -0.3 is 65.4 Å². The van der Waals surface area contributed by atoms with Crippen LogP contribution in [0.4, 0.5) is 31.0 Å². The number of anilines is 3. The Hall–Kier alpha value is -6.74. The molecule has 4 aromatic heterocycles. The molecule has 7 rings (SSSR count). The predicted molar refractivity (Wildman–Crippen MR) is 272 cm³/mol. The van der Waals surface area contributed by atoms with Gasteiger partial charge in [-0.15, -0.1) is 29.0 Å². The fourth-order valence-corrected chi connectivity index (χ4v) is 8.39. The van der Waals surface area contributed by atoms with E-state index in [2.05, 4.69) is 41.6 Å². The van der Waals surface area contributed by atoms with Gasteiger partial charge in [0.1, 0.15) is 36.7 Å². The minimum atomic E-state index is -5.18. The summed E-state index contributed by atoms with van der Waals surface area (Å²) in [4.78, 5) is 65.4. The Labute approximate surface area is 442 Å². The van der Waals surface area contributed by atoms with Crippen LogP contribution in [0.15, 0.2) is 42.7 Å². The van der Waals surface area contributed by atoms with Crippen molar-refractivity contribution < 1.29 is 51.6 Å². The van der Waals surface area contributed by atoms with Crippen LogP contribution < -0.4 is 26.6 Å². The lowest BCUT2D eigenvalue weighted by atomic mass is 9.97. The van der Waals surface area contributed by atoms with Crippen LogP contribution in [0.5, 0.6) is 0 Å². The molecule has 0 radical (unpaired) electrons. The number of aliphatic hydroxyl groups is 1. The van der Waals surface area contributed by atoms with Crippen molar-refractivity contribution in [3.05, 3.63) is 59.8 Å². The number of aromatic amines is 1. The summed E-state index contributed by atoms with van der Waals surface area (Å²) in [6, 6.07) is 6.27. The number of para-hydroxylation sites is 1. The summed E-state index contributed by atoms with van der Waals surface area (Å²) in [5.41, 5.74) is 14.2. The molecule has 0 bridgehead atoms. The van der Waals surface area contributed by atoms with Gasteiger partial charge in [-0.25, -0.2) is 14.2 Å². The highest BCUT2D eigenvalue weighted by Gasteiger charge is 2.41. The molecule has 3 unspecified atom stereocenters. The van der Waals surface area contributed by atoms with Gasteiger partial charge >= 0.3 is 12.1 Å². The summed E-state index contributed by atoms with van der Waals surface area (Å²) < 4.78 is 61.8. The Bertz CT molecular complexity index is 2660. The van der Waals surface area contributed by atoms with Gasteiger partial charge in [0.05, 0.1) is 64.1 Å². The highest BCUT2D eigenvalue weighted by molar-refractivity contribution is 5.85. The number of rotatable bonds is 26. The second-order valence-corrected chi connectivity index (χ2v) is 18.0. The van der Waals surface area contributed by atoms with Gasteiger partial charge in [-0.1, -0.05) is 54.8 Å². The van der Waals surface area contributed by atoms with E-state index in [-0.39, 0.29) is 62.1 Å². The summed E-state index contributed by atoms with van der Waals surface area (Å²) >= 11 is 0. The number of hydrogen-bond acceptors (Lipinski definition) is 20. The quantitative estimate of drug-likeness (QED) is 0.0295. The molecule has 5 atom stereocenters. The van der Waals surface area contributed by atoms with Gasteiger partial charge in [-0.2, -0.15) is 28.1 Å². The molecule has 0 aliphatic carbocycles. The van der Waals surface area contributed by atoms with Crippen LogP contribution in [0.25, 0.3) is 10.9 Å². The first-order chi connectivity index (χ1) is 36.2. The Morgan fingerprint density at radius 1 is 0.829 bits per heavy atom. The molecule has 29 heteroatoms. The molecule has 6 heterocycles. The second-order valence-electron chi connectivity index (χ2n) is 18.0. The number of benzene rings is 1. The third-order valence-electron chi connectivity index (χ3n) is 12.8. The number of nitrogens with zero attached hydrogens (tertiary/aromatic N) is 13. The van der Waals surface area contributed by atoms with Gasteiger partial charge in [-0.3, -0.25) is 9.59 Å². The largest absolute Gasteiger partial charge is 0.490 e. The molecule has 414 valence electrons. The molecule has 5 aromatic rings. The highest BCUT2D eigenvalue weighted by atomic mass is 35.5. The number of fused-ring (bicyclic) bond motifs is 1. The first-order valence-electron chi connectivity index (χ1n) is 24.7. The molecule has 2 fully saturated rings. The van der Waals surface area contributed by atoms with E-state index in [0.29, 0.717) is 115 Å². The van der Waals surface area contributed by atoms with Crippen LogP contribution in [0.3, 0.4) is 0 Å². The van der Waals surface area contributed by atoms with E-state index in [4.69, 9.17) is 47.1 Å². The van der Waals surface area contributed by atoms with Gasteiger partial charge in [0.2, 0.25) is 29.7 Å². The first kappa shape index (κ1) is 58.5. The summed E-state index contributed by atoms with van der Waals surface area (Å²) in [7, 11) is 0. The molecule has 25 nitrogen and oxygen atoms in total. The number of aliphatic hydroxyl groups excluding tert-OH is 1. The van der Waals surface area contributed by atoms with E-state index in [1.54, 1.807) is 16.0 Å². The van der Waals surface area contributed by atoms with E-state index in [1.807, 2.05) is 54.0 Å². The molecular weight excluding hydrogens is 1020 g/mol. The number of esters is 1. The summed E-state index contributed by atoms with van der Waals surface area (Å²) in [6.45, 7) is 7.75. The lowest BCUT2D eigenvalue weighted by molar-refractivity contribution is -0.200. The number of carbonyl (C=O) groups excluding carboxylic acids is 3. The van der Waals surface area contributed by atoms with Crippen molar-refractivity contribution in [2.45, 2.75) is 57.0 Å². The molecule has 2 amide bonds. The van der Waals surface area contributed by atoms with Crippen LogP contribution in [0.1, 0.15) is 61.5 Å². The van der Waals surface area contributed by atoms with Crippen molar-refractivity contribution >= 4 is 58.9 Å². The first-order valence-corrected chi connectivity index (χ1v) is 24.7. The van der Waals surface area contributed by atoms with Crippen molar-refractivity contribution in [3.63, 3.8) is 0 Å². The minimum Gasteiger partial charge on any atom is -0.457 e. The van der Waals surface area contributed by atoms with E-state index >= 15 is 0 Å². The van der Waals surface area contributed by atoms with Crippen LogP contribution >= 0.6 is 12.4 Å². The van der Waals surface area contributed by atoms with Crippen LogP contribution in [-0.2, 0) is 39.8 Å². The fraction of sp³-hybridized carbons (Fsp3) is 0.574. The van der Waals surface area contributed by atoms with Gasteiger partial charge in [-0.05, 0) is 23.4 Å². The van der Waals surface area contributed by atoms with Gasteiger partial charge in [0.15, 0.2) is 0 Å². The van der Waals surface area contributed by atoms with Crippen molar-refractivity contribution in [2.24, 2.45) is 17.4 Å². The van der Waals surface area contributed by atoms with Crippen LogP contribution in [0.2, 0.25) is 0 Å². The Kier molecular flexibility index (Phi) is 21.5. The SMILES string of the molecule is C#CCOCCOCCOCCNc1nc(N2CCN(C(=O)C([C@@H](C)CC)n3cc(C(N)COC(=O)C(F)(F)F)nn3)CC2)nc(N2CCN(C(=O)[C@H](Cc3cc4ccccc4[nH]3)n3cc(C(N)CO)nn3)CC2)n1.Cl. The molecule has 76 heavy (non-hydrogen) atoms. The fourth-order valence-electron chi connectivity index (χ4n) is 8.39. The number of H-pyrrole nitrogens is 1. The van der Waals surface area contributed by atoms with E-state index in [9.17, 15) is 32.7 Å². The van der Waals surface area contributed by atoms with Gasteiger partial charge in [0, 0.05) is 76.5 Å². The number of halogens is 4. The number of ether oxygens (including phenoxy) is 4. The van der Waals surface area contributed by atoms with E-state index in [0.717, 1.165) is 16.6 Å². The van der Waals surface area contributed by atoms with E-state index in [1.165, 1.54) is 15.6 Å². The number of piperazine rings is 2. The number of nitrogens with two attached hydrogens (primary N) is 2. The number of terminal acetylenes is 1. The average Bonchev–Trinajstić information content (AvgIpc) is 4.22. The second kappa shape index (κ2) is 27.9. The van der Waals surface area contributed by atoms with Crippen LogP contribution in [0, 0.1) is 18.3 Å². The number of amides is 2. The third kappa shape index (κ3) is 15.4. The minimum absolute atomic E-state index is 0. The number of hydrogen-bond donors (Lipinski definition) is 5. The summed E-state index contributed by atoms with van der Waals surface area (Å²) in [5.74, 6) is 0.430. The number of alkyl halides is 3.